The van der Waals surface area contributed by atoms with E-state index in [1.54, 1.807) is 33.8 Å². The maximum atomic E-state index is 14.1. The highest BCUT2D eigenvalue weighted by atomic mass is 79.9. The molecule has 3 nitrogen and oxygen atoms in total. The highest BCUT2D eigenvalue weighted by Gasteiger charge is 2.25. The molecule has 0 heterocycles. The predicted molar refractivity (Wildman–Crippen MR) is 70.4 cm³/mol. The minimum Gasteiger partial charge on any atom is -0.491 e. The molecule has 0 N–H and O–H groups in total. The number of esters is 1. The second-order valence-corrected chi connectivity index (χ2v) is 5.52. The molecule has 0 bridgehead atoms. The molecule has 0 radical (unpaired) electrons. The Morgan fingerprint density at radius 2 is 2.00 bits per heavy atom. The Hall–Kier alpha value is -1.10. The molecule has 0 spiro atoms. The van der Waals surface area contributed by atoms with Gasteiger partial charge in [-0.25, -0.2) is 9.18 Å². The molecule has 1 aromatic rings. The largest absolute Gasteiger partial charge is 0.491 e. The van der Waals surface area contributed by atoms with E-state index in [-0.39, 0.29) is 11.3 Å². The van der Waals surface area contributed by atoms with Crippen molar-refractivity contribution in [2.24, 2.45) is 0 Å². The molecular formula is C13H16BrFO3. The number of halogens is 2. The Balaban J connectivity index is 3.14. The Morgan fingerprint density at radius 1 is 1.39 bits per heavy atom. The van der Waals surface area contributed by atoms with Gasteiger partial charge in [0.25, 0.3) is 0 Å². The van der Waals surface area contributed by atoms with Crippen LogP contribution in [0.3, 0.4) is 0 Å². The zero-order valence-corrected chi connectivity index (χ0v) is 12.4. The number of hydrogen-bond donors (Lipinski definition) is 0. The van der Waals surface area contributed by atoms with Crippen LogP contribution < -0.4 is 4.74 Å². The van der Waals surface area contributed by atoms with E-state index in [2.05, 4.69) is 15.9 Å². The van der Waals surface area contributed by atoms with Crippen LogP contribution in [-0.4, -0.2) is 18.2 Å². The molecule has 1 aromatic carbocycles. The molecule has 0 aliphatic carbocycles. The first-order valence-electron chi connectivity index (χ1n) is 5.60. The standard InChI is InChI=1S/C13H16BrFO3/c1-5-17-9-7-6-8(14)10(11(9)15)12(16)18-13(2,3)4/h6-7H,5H2,1-4H3. The SMILES string of the molecule is CCOc1ccc(Br)c(C(=O)OC(C)(C)C)c1F. The summed E-state index contributed by atoms with van der Waals surface area (Å²) in [5.41, 5.74) is -0.819. The van der Waals surface area contributed by atoms with Crippen molar-refractivity contribution in [3.05, 3.63) is 28.0 Å². The Morgan fingerprint density at radius 3 is 2.50 bits per heavy atom. The molecule has 0 saturated carbocycles. The van der Waals surface area contributed by atoms with Crippen LogP contribution in [0.25, 0.3) is 0 Å². The van der Waals surface area contributed by atoms with Crippen LogP contribution in [0.4, 0.5) is 4.39 Å². The number of hydrogen-bond acceptors (Lipinski definition) is 3. The lowest BCUT2D eigenvalue weighted by atomic mass is 10.1. The quantitative estimate of drug-likeness (QED) is 0.792. The Kier molecular flexibility index (Phi) is 4.73. The van der Waals surface area contributed by atoms with E-state index in [9.17, 15) is 9.18 Å². The van der Waals surface area contributed by atoms with Crippen LogP contribution in [-0.2, 0) is 4.74 Å². The van der Waals surface area contributed by atoms with Gasteiger partial charge in [-0.1, -0.05) is 0 Å². The third kappa shape index (κ3) is 3.70. The summed E-state index contributed by atoms with van der Waals surface area (Å²) in [5.74, 6) is -1.38. The van der Waals surface area contributed by atoms with Crippen molar-refractivity contribution in [3.63, 3.8) is 0 Å². The van der Waals surface area contributed by atoms with Crippen molar-refractivity contribution in [2.45, 2.75) is 33.3 Å². The maximum Gasteiger partial charge on any atom is 0.342 e. The fourth-order valence-electron chi connectivity index (χ4n) is 1.32. The molecule has 0 aliphatic rings. The third-order valence-corrected chi connectivity index (χ3v) is 2.62. The van der Waals surface area contributed by atoms with Crippen molar-refractivity contribution >= 4 is 21.9 Å². The Labute approximate surface area is 114 Å². The molecule has 0 unspecified atom stereocenters. The minimum absolute atomic E-state index is 0.0431. The minimum atomic E-state index is -0.714. The zero-order valence-electron chi connectivity index (χ0n) is 10.8. The van der Waals surface area contributed by atoms with Crippen molar-refractivity contribution in [1.29, 1.82) is 0 Å². The highest BCUT2D eigenvalue weighted by Crippen LogP contribution is 2.29. The topological polar surface area (TPSA) is 35.5 Å². The van der Waals surface area contributed by atoms with Gasteiger partial charge in [-0.3, -0.25) is 0 Å². The van der Waals surface area contributed by atoms with Gasteiger partial charge in [0.15, 0.2) is 11.6 Å². The summed E-state index contributed by atoms with van der Waals surface area (Å²) in [4.78, 5) is 11.9. The molecule has 0 saturated heterocycles. The molecule has 18 heavy (non-hydrogen) atoms. The second kappa shape index (κ2) is 5.69. The number of rotatable bonds is 3. The molecule has 0 amide bonds. The van der Waals surface area contributed by atoms with E-state index < -0.39 is 17.4 Å². The predicted octanol–water partition coefficient (Wildman–Crippen LogP) is 3.94. The fraction of sp³-hybridized carbons (Fsp3) is 0.462. The van der Waals surface area contributed by atoms with Gasteiger partial charge in [-0.15, -0.1) is 0 Å². The normalized spacial score (nSPS) is 11.2. The summed E-state index contributed by atoms with van der Waals surface area (Å²) in [7, 11) is 0. The summed E-state index contributed by atoms with van der Waals surface area (Å²) in [6.45, 7) is 7.25. The molecule has 1 rings (SSSR count). The van der Waals surface area contributed by atoms with Gasteiger partial charge in [0.2, 0.25) is 0 Å². The average molecular weight is 319 g/mol. The zero-order chi connectivity index (χ0) is 13.9. The summed E-state index contributed by atoms with van der Waals surface area (Å²) in [6.07, 6.45) is 0. The number of carbonyl (C=O) groups excluding carboxylic acids is 1. The summed E-state index contributed by atoms with van der Waals surface area (Å²) in [6, 6.07) is 3.03. The van der Waals surface area contributed by atoms with Gasteiger partial charge in [0, 0.05) is 4.47 Å². The van der Waals surface area contributed by atoms with Crippen molar-refractivity contribution in [3.8, 4) is 5.75 Å². The van der Waals surface area contributed by atoms with Crippen LogP contribution in [0.15, 0.2) is 16.6 Å². The molecule has 100 valence electrons. The lowest BCUT2D eigenvalue weighted by molar-refractivity contribution is 0.00627. The van der Waals surface area contributed by atoms with E-state index in [0.29, 0.717) is 11.1 Å². The van der Waals surface area contributed by atoms with E-state index in [1.165, 1.54) is 6.07 Å². The Bertz CT molecular complexity index is 452. The van der Waals surface area contributed by atoms with Gasteiger partial charge in [0.05, 0.1) is 6.61 Å². The van der Waals surface area contributed by atoms with E-state index in [4.69, 9.17) is 9.47 Å². The van der Waals surface area contributed by atoms with Gasteiger partial charge >= 0.3 is 5.97 Å². The van der Waals surface area contributed by atoms with Gasteiger partial charge in [-0.2, -0.15) is 0 Å². The van der Waals surface area contributed by atoms with Crippen LogP contribution >= 0.6 is 15.9 Å². The van der Waals surface area contributed by atoms with Gasteiger partial charge in [-0.05, 0) is 55.8 Å². The number of carbonyl (C=O) groups is 1. The van der Waals surface area contributed by atoms with Gasteiger partial charge < -0.3 is 9.47 Å². The molecule has 0 fully saturated rings. The molecular weight excluding hydrogens is 303 g/mol. The van der Waals surface area contributed by atoms with Crippen LogP contribution in [0.5, 0.6) is 5.75 Å². The first kappa shape index (κ1) is 15.0. The average Bonchev–Trinajstić information content (AvgIpc) is 2.20. The van der Waals surface area contributed by atoms with Crippen molar-refractivity contribution in [1.82, 2.24) is 0 Å². The van der Waals surface area contributed by atoms with Gasteiger partial charge in [0.1, 0.15) is 11.2 Å². The molecule has 0 aromatic heterocycles. The van der Waals surface area contributed by atoms with E-state index in [0.717, 1.165) is 0 Å². The third-order valence-electron chi connectivity index (χ3n) is 1.96. The first-order valence-corrected chi connectivity index (χ1v) is 6.39. The summed E-state index contributed by atoms with van der Waals surface area (Å²) < 4.78 is 24.7. The van der Waals surface area contributed by atoms with E-state index in [1.807, 2.05) is 0 Å². The summed E-state index contributed by atoms with van der Waals surface area (Å²) >= 11 is 3.14. The molecule has 0 atom stereocenters. The number of benzene rings is 1. The van der Waals surface area contributed by atoms with Crippen molar-refractivity contribution < 1.29 is 18.7 Å². The molecule has 0 aliphatic heterocycles. The number of ether oxygens (including phenoxy) is 2. The van der Waals surface area contributed by atoms with Crippen LogP contribution in [0.2, 0.25) is 0 Å². The lowest BCUT2D eigenvalue weighted by Crippen LogP contribution is -2.25. The lowest BCUT2D eigenvalue weighted by Gasteiger charge is -2.20. The second-order valence-electron chi connectivity index (χ2n) is 4.67. The van der Waals surface area contributed by atoms with Crippen LogP contribution in [0, 0.1) is 5.82 Å². The fourth-order valence-corrected chi connectivity index (χ4v) is 1.78. The van der Waals surface area contributed by atoms with E-state index >= 15 is 0 Å². The first-order chi connectivity index (χ1) is 8.26. The molecule has 5 heteroatoms. The summed E-state index contributed by atoms with van der Waals surface area (Å²) in [5, 5.41) is 0. The smallest absolute Gasteiger partial charge is 0.342 e. The van der Waals surface area contributed by atoms with Crippen LogP contribution in [0.1, 0.15) is 38.1 Å². The maximum absolute atomic E-state index is 14.1. The highest BCUT2D eigenvalue weighted by molar-refractivity contribution is 9.10. The van der Waals surface area contributed by atoms with Crippen molar-refractivity contribution in [2.75, 3.05) is 6.61 Å². The monoisotopic (exact) mass is 318 g/mol.